The Morgan fingerprint density at radius 1 is 1.56 bits per heavy atom. The first-order valence-corrected chi connectivity index (χ1v) is 6.81. The summed E-state index contributed by atoms with van der Waals surface area (Å²) in [4.78, 5) is 14.9. The highest BCUT2D eigenvalue weighted by Gasteiger charge is 2.00. The van der Waals surface area contributed by atoms with Gasteiger partial charge in [0.15, 0.2) is 4.47 Å². The Balaban J connectivity index is 1.98. The Morgan fingerprint density at radius 2 is 2.39 bits per heavy atom. The van der Waals surface area contributed by atoms with Crippen molar-refractivity contribution in [1.82, 2.24) is 10.3 Å². The molecule has 0 spiro atoms. The first kappa shape index (κ1) is 13.1. The van der Waals surface area contributed by atoms with E-state index in [0.29, 0.717) is 11.0 Å². The van der Waals surface area contributed by atoms with Gasteiger partial charge >= 0.3 is 0 Å². The molecule has 1 aromatic heterocycles. The van der Waals surface area contributed by atoms with Crippen LogP contribution in [0.5, 0.6) is 0 Å². The van der Waals surface area contributed by atoms with Gasteiger partial charge in [-0.1, -0.05) is 29.8 Å². The van der Waals surface area contributed by atoms with Crippen molar-refractivity contribution < 1.29 is 4.79 Å². The monoisotopic (exact) mass is 280 g/mol. The molecule has 5 heteroatoms. The van der Waals surface area contributed by atoms with Crippen molar-refractivity contribution in [2.45, 2.75) is 13.3 Å². The predicted molar refractivity (Wildman–Crippen MR) is 77.0 cm³/mol. The summed E-state index contributed by atoms with van der Waals surface area (Å²) in [5.41, 5.74) is 2.05. The van der Waals surface area contributed by atoms with E-state index in [9.17, 15) is 4.79 Å². The van der Waals surface area contributed by atoms with Crippen LogP contribution in [-0.2, 0) is 4.79 Å². The first-order valence-electron chi connectivity index (χ1n) is 5.62. The first-order chi connectivity index (χ1) is 8.65. The highest BCUT2D eigenvalue weighted by atomic mass is 35.5. The molecule has 0 aliphatic rings. The third-order valence-corrected chi connectivity index (χ3v) is 3.50. The van der Waals surface area contributed by atoms with Crippen molar-refractivity contribution in [3.8, 4) is 0 Å². The lowest BCUT2D eigenvalue weighted by atomic mass is 10.2. The maximum Gasteiger partial charge on any atom is 0.216 e. The van der Waals surface area contributed by atoms with Crippen LogP contribution in [0.2, 0.25) is 4.47 Å². The van der Waals surface area contributed by atoms with Gasteiger partial charge < -0.3 is 5.32 Å². The summed E-state index contributed by atoms with van der Waals surface area (Å²) in [6.07, 6.45) is 4.90. The van der Waals surface area contributed by atoms with Crippen molar-refractivity contribution in [1.29, 1.82) is 0 Å². The number of amides is 1. The van der Waals surface area contributed by atoms with E-state index in [1.807, 2.05) is 24.3 Å². The molecule has 0 fully saturated rings. The number of halogens is 1. The Labute approximate surface area is 114 Å². The third-order valence-electron chi connectivity index (χ3n) is 2.38. The van der Waals surface area contributed by atoms with Gasteiger partial charge in [-0.25, -0.2) is 4.98 Å². The fourth-order valence-electron chi connectivity index (χ4n) is 1.57. The SMILES string of the molecule is CC(=O)NCCC=Cc1ccc2nc(Cl)sc2c1. The Bertz CT molecular complexity index is 592. The van der Waals surface area contributed by atoms with E-state index in [1.165, 1.54) is 18.3 Å². The van der Waals surface area contributed by atoms with Gasteiger partial charge in [-0.3, -0.25) is 4.79 Å². The summed E-state index contributed by atoms with van der Waals surface area (Å²) >= 11 is 7.34. The lowest BCUT2D eigenvalue weighted by Crippen LogP contribution is -2.20. The van der Waals surface area contributed by atoms with Gasteiger partial charge in [0, 0.05) is 13.5 Å². The summed E-state index contributed by atoms with van der Waals surface area (Å²) in [7, 11) is 0. The van der Waals surface area contributed by atoms with Gasteiger partial charge in [-0.05, 0) is 24.1 Å². The zero-order valence-corrected chi connectivity index (χ0v) is 11.5. The normalized spacial score (nSPS) is 11.2. The van der Waals surface area contributed by atoms with Crippen molar-refractivity contribution in [2.75, 3.05) is 6.54 Å². The molecule has 0 unspecified atom stereocenters. The van der Waals surface area contributed by atoms with Crippen LogP contribution >= 0.6 is 22.9 Å². The molecule has 0 aliphatic carbocycles. The fourth-order valence-corrected chi connectivity index (χ4v) is 2.65. The molecule has 0 bridgehead atoms. The second-order valence-electron chi connectivity index (χ2n) is 3.87. The van der Waals surface area contributed by atoms with Crippen molar-refractivity contribution in [2.24, 2.45) is 0 Å². The third kappa shape index (κ3) is 3.55. The van der Waals surface area contributed by atoms with Crippen LogP contribution in [0.25, 0.3) is 16.3 Å². The fraction of sp³-hybridized carbons (Fsp3) is 0.231. The number of thiazole rings is 1. The zero-order chi connectivity index (χ0) is 13.0. The maximum atomic E-state index is 10.7. The van der Waals surface area contributed by atoms with Gasteiger partial charge in [0.2, 0.25) is 5.91 Å². The van der Waals surface area contributed by atoms with Gasteiger partial charge in [-0.15, -0.1) is 11.3 Å². The molecule has 0 aliphatic heterocycles. The Morgan fingerprint density at radius 3 is 3.17 bits per heavy atom. The van der Waals surface area contributed by atoms with Crippen LogP contribution in [0, 0.1) is 0 Å². The molecule has 3 nitrogen and oxygen atoms in total. The number of hydrogen-bond acceptors (Lipinski definition) is 3. The minimum atomic E-state index is 0.00382. The molecule has 18 heavy (non-hydrogen) atoms. The van der Waals surface area contributed by atoms with E-state index in [-0.39, 0.29) is 5.91 Å². The molecule has 0 atom stereocenters. The molecule has 2 aromatic rings. The number of rotatable bonds is 4. The number of nitrogens with one attached hydrogen (secondary N) is 1. The van der Waals surface area contributed by atoms with Crippen molar-refractivity contribution in [3.05, 3.63) is 34.3 Å². The van der Waals surface area contributed by atoms with E-state index in [1.54, 1.807) is 0 Å². The largest absolute Gasteiger partial charge is 0.356 e. The number of benzene rings is 1. The van der Waals surface area contributed by atoms with Crippen molar-refractivity contribution in [3.63, 3.8) is 0 Å². The van der Waals surface area contributed by atoms with Gasteiger partial charge in [0.25, 0.3) is 0 Å². The van der Waals surface area contributed by atoms with Crippen LogP contribution in [0.3, 0.4) is 0 Å². The number of carbonyl (C=O) groups is 1. The van der Waals surface area contributed by atoms with Gasteiger partial charge in [-0.2, -0.15) is 0 Å². The topological polar surface area (TPSA) is 42.0 Å². The molecule has 2 rings (SSSR count). The number of fused-ring (bicyclic) bond motifs is 1. The molecule has 0 saturated heterocycles. The number of hydrogen-bond donors (Lipinski definition) is 1. The van der Waals surface area contributed by atoms with Crippen LogP contribution in [0.1, 0.15) is 18.9 Å². The highest BCUT2D eigenvalue weighted by molar-refractivity contribution is 7.22. The predicted octanol–water partition coefficient (Wildman–Crippen LogP) is 3.49. The van der Waals surface area contributed by atoms with Gasteiger partial charge in [0.1, 0.15) is 0 Å². The number of aromatic nitrogens is 1. The van der Waals surface area contributed by atoms with E-state index >= 15 is 0 Å². The summed E-state index contributed by atoms with van der Waals surface area (Å²) < 4.78 is 1.65. The standard InChI is InChI=1S/C13H13ClN2OS/c1-9(17)15-7-3-2-4-10-5-6-11-12(8-10)18-13(14)16-11/h2,4-6,8H,3,7H2,1H3,(H,15,17). The Hall–Kier alpha value is -1.39. The second-order valence-corrected chi connectivity index (χ2v) is 5.48. The minimum Gasteiger partial charge on any atom is -0.356 e. The van der Waals surface area contributed by atoms with Crippen LogP contribution in [-0.4, -0.2) is 17.4 Å². The maximum absolute atomic E-state index is 10.7. The highest BCUT2D eigenvalue weighted by Crippen LogP contribution is 2.26. The van der Waals surface area contributed by atoms with E-state index in [2.05, 4.69) is 16.4 Å². The molecule has 1 amide bonds. The van der Waals surface area contributed by atoms with Crippen LogP contribution < -0.4 is 5.32 Å². The number of carbonyl (C=O) groups excluding carboxylic acids is 1. The van der Waals surface area contributed by atoms with E-state index in [4.69, 9.17) is 11.6 Å². The number of nitrogens with zero attached hydrogens (tertiary/aromatic N) is 1. The molecule has 94 valence electrons. The Kier molecular flexibility index (Phi) is 4.33. The quantitative estimate of drug-likeness (QED) is 0.871. The molecular weight excluding hydrogens is 268 g/mol. The molecule has 0 radical (unpaired) electrons. The lowest BCUT2D eigenvalue weighted by molar-refractivity contribution is -0.118. The average molecular weight is 281 g/mol. The van der Waals surface area contributed by atoms with Crippen molar-refractivity contribution >= 4 is 45.1 Å². The summed E-state index contributed by atoms with van der Waals surface area (Å²) in [6.45, 7) is 2.19. The summed E-state index contributed by atoms with van der Waals surface area (Å²) in [6, 6.07) is 6.03. The summed E-state index contributed by atoms with van der Waals surface area (Å²) in [5, 5.41) is 2.75. The van der Waals surface area contributed by atoms with Crippen LogP contribution in [0.4, 0.5) is 0 Å². The van der Waals surface area contributed by atoms with Gasteiger partial charge in [0.05, 0.1) is 10.2 Å². The minimum absolute atomic E-state index is 0.00382. The van der Waals surface area contributed by atoms with E-state index < -0.39 is 0 Å². The smallest absolute Gasteiger partial charge is 0.216 e. The lowest BCUT2D eigenvalue weighted by Gasteiger charge is -1.97. The molecule has 1 N–H and O–H groups in total. The van der Waals surface area contributed by atoms with Crippen LogP contribution in [0.15, 0.2) is 24.3 Å². The molecule has 1 heterocycles. The summed E-state index contributed by atoms with van der Waals surface area (Å²) in [5.74, 6) is 0.00382. The second kappa shape index (κ2) is 5.98. The zero-order valence-electron chi connectivity index (χ0n) is 9.94. The molecular formula is C13H13ClN2OS. The van der Waals surface area contributed by atoms with E-state index in [0.717, 1.165) is 22.2 Å². The molecule has 1 aromatic carbocycles. The molecule has 0 saturated carbocycles. The average Bonchev–Trinajstić information content (AvgIpc) is 2.67.